The molecule has 0 spiro atoms. The van der Waals surface area contributed by atoms with Crippen LogP contribution in [-0.4, -0.2) is 65.0 Å². The van der Waals surface area contributed by atoms with E-state index in [1.165, 1.54) is 0 Å². The minimum Gasteiger partial charge on any atom is -0.343 e. The summed E-state index contributed by atoms with van der Waals surface area (Å²) in [5.41, 5.74) is 5.92. The van der Waals surface area contributed by atoms with E-state index in [0.29, 0.717) is 24.3 Å². The highest BCUT2D eigenvalue weighted by molar-refractivity contribution is 8.00. The molecule has 0 bridgehead atoms. The van der Waals surface area contributed by atoms with Gasteiger partial charge in [-0.3, -0.25) is 9.69 Å². The van der Waals surface area contributed by atoms with E-state index in [1.807, 2.05) is 30.5 Å². The average Bonchev–Trinajstić information content (AvgIpc) is 2.41. The van der Waals surface area contributed by atoms with Crippen LogP contribution in [-0.2, 0) is 4.79 Å². The van der Waals surface area contributed by atoms with Crippen molar-refractivity contribution >= 4 is 17.7 Å². The van der Waals surface area contributed by atoms with Crippen molar-refractivity contribution in [2.45, 2.75) is 51.4 Å². The molecule has 3 unspecified atom stereocenters. The molecule has 0 aromatic rings. The fraction of sp³-hybridized carbons (Fsp3) is 0.929. The lowest BCUT2D eigenvalue weighted by Crippen LogP contribution is -2.54. The maximum absolute atomic E-state index is 12.2. The second-order valence-corrected chi connectivity index (χ2v) is 6.70. The van der Waals surface area contributed by atoms with Gasteiger partial charge in [0, 0.05) is 55.7 Å². The molecule has 1 saturated heterocycles. The summed E-state index contributed by atoms with van der Waals surface area (Å²) < 4.78 is 0. The Hall–Kier alpha value is -0.260. The Morgan fingerprint density at radius 1 is 1.42 bits per heavy atom. The van der Waals surface area contributed by atoms with Gasteiger partial charge in [-0.05, 0) is 20.8 Å². The van der Waals surface area contributed by atoms with Crippen LogP contribution in [0, 0.1) is 0 Å². The van der Waals surface area contributed by atoms with E-state index in [9.17, 15) is 4.79 Å². The van der Waals surface area contributed by atoms with Gasteiger partial charge in [0.05, 0.1) is 0 Å². The van der Waals surface area contributed by atoms with Crippen LogP contribution < -0.4 is 5.73 Å². The molecule has 1 heterocycles. The van der Waals surface area contributed by atoms with Crippen molar-refractivity contribution in [3.63, 3.8) is 0 Å². The van der Waals surface area contributed by atoms with Crippen molar-refractivity contribution in [1.82, 2.24) is 9.80 Å². The van der Waals surface area contributed by atoms with Gasteiger partial charge in [-0.1, -0.05) is 6.92 Å². The van der Waals surface area contributed by atoms with Crippen LogP contribution in [0.1, 0.15) is 34.1 Å². The van der Waals surface area contributed by atoms with Crippen LogP contribution in [0.5, 0.6) is 0 Å². The third kappa shape index (κ3) is 4.36. The summed E-state index contributed by atoms with van der Waals surface area (Å²) in [4.78, 5) is 16.6. The number of rotatable bonds is 6. The van der Waals surface area contributed by atoms with E-state index in [-0.39, 0.29) is 11.9 Å². The first-order valence-corrected chi connectivity index (χ1v) is 8.45. The maximum Gasteiger partial charge on any atom is 0.224 e. The Kier molecular flexibility index (Phi) is 7.18. The third-order valence-corrected chi connectivity index (χ3v) is 5.54. The molecule has 1 rings (SSSR count). The van der Waals surface area contributed by atoms with E-state index in [1.54, 1.807) is 0 Å². The van der Waals surface area contributed by atoms with Crippen LogP contribution in [0.4, 0.5) is 0 Å². The Bertz CT molecular complexity index is 284. The second-order valence-electron chi connectivity index (χ2n) is 5.21. The fourth-order valence-corrected chi connectivity index (χ4v) is 3.84. The molecule has 1 aliphatic heterocycles. The topological polar surface area (TPSA) is 49.6 Å². The van der Waals surface area contributed by atoms with Crippen molar-refractivity contribution in [2.75, 3.05) is 31.9 Å². The molecule has 1 aliphatic rings. The van der Waals surface area contributed by atoms with Gasteiger partial charge >= 0.3 is 0 Å². The number of hydrogen-bond donors (Lipinski definition) is 1. The lowest BCUT2D eigenvalue weighted by molar-refractivity contribution is -0.132. The molecule has 1 fully saturated rings. The van der Waals surface area contributed by atoms with E-state index < -0.39 is 0 Å². The van der Waals surface area contributed by atoms with Crippen LogP contribution in [0.25, 0.3) is 0 Å². The van der Waals surface area contributed by atoms with Gasteiger partial charge in [-0.25, -0.2) is 0 Å². The molecule has 2 N–H and O–H groups in total. The zero-order valence-corrected chi connectivity index (χ0v) is 13.6. The molecule has 1 amide bonds. The van der Waals surface area contributed by atoms with Gasteiger partial charge in [0.2, 0.25) is 5.91 Å². The van der Waals surface area contributed by atoms with Gasteiger partial charge in [0.15, 0.2) is 0 Å². The smallest absolute Gasteiger partial charge is 0.224 e. The van der Waals surface area contributed by atoms with Gasteiger partial charge in [-0.15, -0.1) is 0 Å². The lowest BCUT2D eigenvalue weighted by atomic mass is 10.1. The molecule has 0 saturated carbocycles. The number of carbonyl (C=O) groups is 1. The van der Waals surface area contributed by atoms with Gasteiger partial charge < -0.3 is 10.6 Å². The number of nitrogens with two attached hydrogens (primary N) is 1. The Labute approximate surface area is 122 Å². The van der Waals surface area contributed by atoms with Crippen LogP contribution in [0.2, 0.25) is 0 Å². The Morgan fingerprint density at radius 2 is 2.05 bits per heavy atom. The van der Waals surface area contributed by atoms with Gasteiger partial charge in [0.25, 0.3) is 0 Å². The first-order chi connectivity index (χ1) is 9.04. The fourth-order valence-electron chi connectivity index (χ4n) is 2.71. The summed E-state index contributed by atoms with van der Waals surface area (Å²) in [7, 11) is 0. The second kappa shape index (κ2) is 8.12. The number of nitrogens with zero attached hydrogens (tertiary/aromatic N) is 2. The predicted molar refractivity (Wildman–Crippen MR) is 83.5 cm³/mol. The van der Waals surface area contributed by atoms with Crippen molar-refractivity contribution < 1.29 is 4.79 Å². The predicted octanol–water partition coefficient (Wildman–Crippen LogP) is 1.40. The minimum absolute atomic E-state index is 0.187. The SMILES string of the molecule is CCN(CC)C(=O)CC(CN)N1CCSC(C)C1C. The van der Waals surface area contributed by atoms with E-state index >= 15 is 0 Å². The van der Waals surface area contributed by atoms with E-state index in [4.69, 9.17) is 5.73 Å². The largest absolute Gasteiger partial charge is 0.343 e. The summed E-state index contributed by atoms with van der Waals surface area (Å²) >= 11 is 2.01. The molecule has 19 heavy (non-hydrogen) atoms. The normalized spacial score (nSPS) is 26.2. The van der Waals surface area contributed by atoms with Crippen LogP contribution in [0.15, 0.2) is 0 Å². The monoisotopic (exact) mass is 287 g/mol. The molecular weight excluding hydrogens is 258 g/mol. The number of hydrogen-bond acceptors (Lipinski definition) is 4. The van der Waals surface area contributed by atoms with Gasteiger partial charge in [0.1, 0.15) is 0 Å². The summed E-state index contributed by atoms with van der Waals surface area (Å²) in [6, 6.07) is 0.684. The summed E-state index contributed by atoms with van der Waals surface area (Å²) in [6.45, 7) is 11.8. The molecule has 0 radical (unpaired) electrons. The number of thioether (sulfide) groups is 1. The Morgan fingerprint density at radius 3 is 2.58 bits per heavy atom. The van der Waals surface area contributed by atoms with Crippen LogP contribution >= 0.6 is 11.8 Å². The molecule has 0 aliphatic carbocycles. The first kappa shape index (κ1) is 16.8. The molecule has 0 aromatic heterocycles. The molecule has 3 atom stereocenters. The first-order valence-electron chi connectivity index (χ1n) is 7.40. The van der Waals surface area contributed by atoms with Crippen molar-refractivity contribution in [2.24, 2.45) is 5.73 Å². The number of carbonyl (C=O) groups excluding carboxylic acids is 1. The standard InChI is InChI=1S/C14H29N3OS/c1-5-16(6-2)14(18)9-13(10-15)17-7-8-19-12(4)11(17)3/h11-13H,5-10,15H2,1-4H3. The summed E-state index contributed by atoms with van der Waals surface area (Å²) in [5, 5.41) is 0.617. The lowest BCUT2D eigenvalue weighted by Gasteiger charge is -2.42. The highest BCUT2D eigenvalue weighted by Crippen LogP contribution is 2.26. The molecular formula is C14H29N3OS. The summed E-state index contributed by atoms with van der Waals surface area (Å²) in [5.74, 6) is 1.38. The van der Waals surface area contributed by atoms with E-state index in [2.05, 4.69) is 18.7 Å². The molecule has 112 valence electrons. The maximum atomic E-state index is 12.2. The van der Waals surface area contributed by atoms with Crippen molar-refractivity contribution in [3.05, 3.63) is 0 Å². The molecule has 5 heteroatoms. The Balaban J connectivity index is 2.64. The molecule has 4 nitrogen and oxygen atoms in total. The van der Waals surface area contributed by atoms with Gasteiger partial charge in [-0.2, -0.15) is 11.8 Å². The number of amides is 1. The quantitative estimate of drug-likeness (QED) is 0.802. The zero-order valence-electron chi connectivity index (χ0n) is 12.8. The minimum atomic E-state index is 0.187. The van der Waals surface area contributed by atoms with Crippen LogP contribution in [0.3, 0.4) is 0 Å². The highest BCUT2D eigenvalue weighted by Gasteiger charge is 2.31. The third-order valence-electron chi connectivity index (χ3n) is 4.20. The average molecular weight is 287 g/mol. The van der Waals surface area contributed by atoms with Crippen molar-refractivity contribution in [1.29, 1.82) is 0 Å². The molecule has 0 aromatic carbocycles. The van der Waals surface area contributed by atoms with E-state index in [0.717, 1.165) is 25.4 Å². The zero-order chi connectivity index (χ0) is 14.4. The highest BCUT2D eigenvalue weighted by atomic mass is 32.2. The summed E-state index contributed by atoms with van der Waals surface area (Å²) in [6.07, 6.45) is 0.555. The van der Waals surface area contributed by atoms with Crippen molar-refractivity contribution in [3.8, 4) is 0 Å².